The standard InChI is InChI=1S/C13H15N.C11H12ClN.C11H14N2.C11H15N.C10H12N2O.C10H12N2S/c1-9(2)10-6-7-12-11(8-10)4-3-5-13(12)14;1-7(2)8-3-4-11-9(5-8)10(12)6-13-11;1-7(2)9-4-10-8(3)5-12-11(10)13-6-9;1-8(2)10-4-6-11(7-5-10)9(3)12;2*1-6(2)9-5-7-8(13-9)3-4-12-10(7)11/h3-9H,14H2,1-2H3;3-7,13H,1-2H3;4-7H,1-3H3,(H,12,13);4-8H,3,12H2,1-2H3;2*3-6H,1-2H3,(H2,11,12). The summed E-state index contributed by atoms with van der Waals surface area (Å²) in [7, 11) is 0. The number of furan rings is 1. The molecule has 0 atom stereocenters. The fourth-order valence-electron chi connectivity index (χ4n) is 8.27. The molecule has 7 aromatic heterocycles. The van der Waals surface area contributed by atoms with Crippen molar-refractivity contribution in [2.45, 2.75) is 126 Å². The minimum absolute atomic E-state index is 0.381. The quantitative estimate of drug-likeness (QED) is 0.0851. The molecule has 0 saturated heterocycles. The van der Waals surface area contributed by atoms with Gasteiger partial charge in [0, 0.05) is 84.9 Å². The van der Waals surface area contributed by atoms with E-state index in [1.54, 1.807) is 23.7 Å². The number of anilines is 3. The van der Waals surface area contributed by atoms with Crippen LogP contribution in [0.15, 0.2) is 151 Å². The van der Waals surface area contributed by atoms with Crippen molar-refractivity contribution in [2.24, 2.45) is 5.73 Å². The lowest BCUT2D eigenvalue weighted by molar-refractivity contribution is 0.521. The number of nitrogens with two attached hydrogens (primary N) is 4. The van der Waals surface area contributed by atoms with Crippen molar-refractivity contribution >= 4 is 99.7 Å². The molecule has 0 spiro atoms. The monoisotopic (exact) mass is 1080 g/mol. The second-order valence-electron chi connectivity index (χ2n) is 21.5. The van der Waals surface area contributed by atoms with Gasteiger partial charge in [-0.2, -0.15) is 0 Å². The van der Waals surface area contributed by atoms with Gasteiger partial charge in [-0.25, -0.2) is 15.0 Å². The van der Waals surface area contributed by atoms with E-state index in [1.165, 1.54) is 48.2 Å². The van der Waals surface area contributed by atoms with E-state index >= 15 is 0 Å². The first-order chi connectivity index (χ1) is 37.0. The van der Waals surface area contributed by atoms with E-state index in [0.29, 0.717) is 52.8 Å². The fraction of sp³-hybridized carbons (Fsp3) is 0.288. The molecule has 12 heteroatoms. The largest absolute Gasteiger partial charge is 0.461 e. The van der Waals surface area contributed by atoms with Crippen molar-refractivity contribution in [1.82, 2.24) is 24.9 Å². The molecule has 0 radical (unpaired) electrons. The van der Waals surface area contributed by atoms with Gasteiger partial charge in [-0.15, -0.1) is 11.3 Å². The van der Waals surface area contributed by atoms with Crippen molar-refractivity contribution in [1.29, 1.82) is 0 Å². The molecule has 4 aromatic carbocycles. The van der Waals surface area contributed by atoms with Crippen LogP contribution in [0.25, 0.3) is 59.5 Å². The molecular weight excluding hydrogens is 1000 g/mol. The molecule has 78 heavy (non-hydrogen) atoms. The van der Waals surface area contributed by atoms with E-state index < -0.39 is 0 Å². The van der Waals surface area contributed by atoms with Crippen molar-refractivity contribution in [3.05, 3.63) is 196 Å². The van der Waals surface area contributed by atoms with E-state index in [0.717, 1.165) is 60.3 Å². The smallest absolute Gasteiger partial charge is 0.139 e. The minimum Gasteiger partial charge on any atom is -0.461 e. The average molecular weight is 1080 g/mol. The zero-order chi connectivity index (χ0) is 57.0. The molecule has 11 rings (SSSR count). The highest BCUT2D eigenvalue weighted by molar-refractivity contribution is 7.19. The van der Waals surface area contributed by atoms with Crippen LogP contribution in [0.2, 0.25) is 5.02 Å². The first kappa shape index (κ1) is 59.6. The summed E-state index contributed by atoms with van der Waals surface area (Å²) in [6.45, 7) is 31.8. The van der Waals surface area contributed by atoms with Gasteiger partial charge < -0.3 is 37.3 Å². The number of nitrogens with one attached hydrogen (secondary N) is 2. The third kappa shape index (κ3) is 15.5. The van der Waals surface area contributed by atoms with E-state index in [-0.39, 0.29) is 0 Å². The van der Waals surface area contributed by atoms with Gasteiger partial charge in [-0.05, 0) is 124 Å². The first-order valence-electron chi connectivity index (χ1n) is 26.8. The topological polar surface area (TPSA) is 187 Å². The number of fused-ring (bicyclic) bond motifs is 5. The number of hydrogen-bond acceptors (Lipinski definition) is 9. The lowest BCUT2D eigenvalue weighted by Gasteiger charge is -2.07. The number of rotatable bonds is 7. The molecule has 0 aliphatic rings. The van der Waals surface area contributed by atoms with Crippen molar-refractivity contribution in [2.75, 3.05) is 17.2 Å². The minimum atomic E-state index is 0.381. The van der Waals surface area contributed by atoms with Crippen LogP contribution in [0.1, 0.15) is 163 Å². The summed E-state index contributed by atoms with van der Waals surface area (Å²) in [6.07, 6.45) is 9.20. The Bertz CT molecular complexity index is 3530. The summed E-state index contributed by atoms with van der Waals surface area (Å²) < 4.78 is 6.82. The number of aromatic nitrogens is 5. The van der Waals surface area contributed by atoms with Crippen molar-refractivity contribution in [3.63, 3.8) is 0 Å². The molecule has 11 aromatic rings. The highest BCUT2D eigenvalue weighted by Crippen LogP contribution is 2.33. The number of benzene rings is 4. The Balaban J connectivity index is 0.000000152. The Labute approximate surface area is 470 Å². The molecular formula is C66H80ClN9OS. The maximum Gasteiger partial charge on any atom is 0.139 e. The number of nitrogen functional groups attached to an aromatic ring is 3. The van der Waals surface area contributed by atoms with Crippen LogP contribution in [0.3, 0.4) is 0 Å². The molecule has 0 aliphatic heterocycles. The molecule has 10 nitrogen and oxygen atoms in total. The number of thiophene rings is 1. The van der Waals surface area contributed by atoms with E-state index in [4.69, 9.17) is 39.0 Å². The number of nitrogens with zero attached hydrogens (tertiary/aromatic N) is 3. The zero-order valence-electron chi connectivity index (χ0n) is 47.8. The summed E-state index contributed by atoms with van der Waals surface area (Å²) in [6, 6.07) is 37.3. The van der Waals surface area contributed by atoms with Crippen LogP contribution in [-0.2, 0) is 0 Å². The molecule has 0 fully saturated rings. The highest BCUT2D eigenvalue weighted by atomic mass is 35.5. The van der Waals surface area contributed by atoms with Crippen LogP contribution >= 0.6 is 22.9 Å². The van der Waals surface area contributed by atoms with Gasteiger partial charge in [0.15, 0.2) is 0 Å². The maximum absolute atomic E-state index is 6.02. The third-order valence-corrected chi connectivity index (χ3v) is 15.1. The van der Waals surface area contributed by atoms with Gasteiger partial charge in [0.25, 0.3) is 0 Å². The van der Waals surface area contributed by atoms with Crippen molar-refractivity contribution < 1.29 is 4.42 Å². The Morgan fingerprint density at radius 1 is 0.564 bits per heavy atom. The second-order valence-corrected chi connectivity index (χ2v) is 23.0. The Morgan fingerprint density at radius 2 is 1.17 bits per heavy atom. The van der Waals surface area contributed by atoms with Gasteiger partial charge in [0.2, 0.25) is 0 Å². The molecule has 0 saturated carbocycles. The van der Waals surface area contributed by atoms with Crippen LogP contribution in [0.5, 0.6) is 0 Å². The SMILES string of the molecule is C=C(N)c1ccc(C(C)C)cc1.CC(C)c1cc2c(N)nccc2o1.CC(C)c1cc2c(N)nccc2s1.CC(C)c1ccc2[nH]cc(Cl)c2c1.CC(C)c1ccc2c(N)cccc2c1.Cc1c[nH]c2ncc(C(C)C)cc12. The predicted octanol–water partition coefficient (Wildman–Crippen LogP) is 18.8. The van der Waals surface area contributed by atoms with Gasteiger partial charge in [0.05, 0.1) is 10.4 Å². The maximum atomic E-state index is 6.02. The lowest BCUT2D eigenvalue weighted by Crippen LogP contribution is -1.94. The van der Waals surface area contributed by atoms with Crippen LogP contribution in [0, 0.1) is 6.92 Å². The Morgan fingerprint density at radius 3 is 1.77 bits per heavy atom. The molecule has 408 valence electrons. The van der Waals surface area contributed by atoms with E-state index in [1.807, 2.05) is 61.1 Å². The van der Waals surface area contributed by atoms with Gasteiger partial charge in [-0.1, -0.05) is 162 Å². The Kier molecular flexibility index (Phi) is 20.7. The van der Waals surface area contributed by atoms with E-state index in [2.05, 4.69) is 188 Å². The van der Waals surface area contributed by atoms with Gasteiger partial charge in [0.1, 0.15) is 28.6 Å². The molecule has 0 aliphatic carbocycles. The lowest BCUT2D eigenvalue weighted by atomic mass is 9.99. The van der Waals surface area contributed by atoms with Gasteiger partial charge >= 0.3 is 0 Å². The average Bonchev–Trinajstić information content (AvgIpc) is 4.23. The Hall–Kier alpha value is -7.60. The summed E-state index contributed by atoms with van der Waals surface area (Å²) in [5.74, 6) is 5.32. The first-order valence-corrected chi connectivity index (χ1v) is 28.0. The third-order valence-electron chi connectivity index (χ3n) is 13.4. The molecule has 10 N–H and O–H groups in total. The predicted molar refractivity (Wildman–Crippen MR) is 339 cm³/mol. The molecule has 0 amide bonds. The summed E-state index contributed by atoms with van der Waals surface area (Å²) in [5.41, 5.74) is 34.9. The summed E-state index contributed by atoms with van der Waals surface area (Å²) >= 11 is 7.82. The second kappa shape index (κ2) is 27.1. The van der Waals surface area contributed by atoms with Crippen molar-refractivity contribution in [3.8, 4) is 0 Å². The highest BCUT2D eigenvalue weighted by Gasteiger charge is 2.11. The normalized spacial score (nSPS) is 11.1. The fourth-order valence-corrected chi connectivity index (χ4v) is 9.55. The van der Waals surface area contributed by atoms with Crippen LogP contribution in [-0.4, -0.2) is 24.9 Å². The number of aromatic amines is 2. The molecule has 0 bridgehead atoms. The molecule has 7 heterocycles. The van der Waals surface area contributed by atoms with Gasteiger partial charge in [-0.3, -0.25) is 0 Å². The van der Waals surface area contributed by atoms with Crippen LogP contribution < -0.4 is 22.9 Å². The number of hydrogen-bond donors (Lipinski definition) is 6. The number of halogens is 1. The molecule has 0 unspecified atom stereocenters. The summed E-state index contributed by atoms with van der Waals surface area (Å²) in [5, 5.41) is 7.55. The van der Waals surface area contributed by atoms with E-state index in [9.17, 15) is 0 Å². The number of pyridine rings is 3. The zero-order valence-corrected chi connectivity index (χ0v) is 49.4. The number of H-pyrrole nitrogens is 2. The van der Waals surface area contributed by atoms with Crippen LogP contribution in [0.4, 0.5) is 17.3 Å². The summed E-state index contributed by atoms with van der Waals surface area (Å²) in [4.78, 5) is 20.1. The number of aryl methyl sites for hydroxylation is 1.